The molecule has 4 aliphatic rings. The molecule has 3 aromatic carbocycles. The zero-order valence-corrected chi connectivity index (χ0v) is 39.6. The van der Waals surface area contributed by atoms with Crippen molar-refractivity contribution in [2.75, 3.05) is 47.4 Å². The number of pyridine rings is 1. The molecular formula is C46H56N8O6S2Si. The predicted molar refractivity (Wildman–Crippen MR) is 247 cm³/mol. The van der Waals surface area contributed by atoms with E-state index in [4.69, 9.17) is 24.2 Å². The molecule has 0 radical (unpaired) electrons. The van der Waals surface area contributed by atoms with Crippen LogP contribution in [0.4, 0.5) is 11.6 Å². The van der Waals surface area contributed by atoms with Crippen molar-refractivity contribution in [2.24, 2.45) is 5.41 Å². The number of rotatable bonds is 14. The lowest BCUT2D eigenvalue weighted by Crippen LogP contribution is -2.68. The average molecular weight is 909 g/mol. The molecule has 2 bridgehead atoms. The minimum atomic E-state index is -4.11. The van der Waals surface area contributed by atoms with Gasteiger partial charge in [-0.25, -0.2) is 26.3 Å². The number of benzene rings is 3. The lowest BCUT2D eigenvalue weighted by atomic mass is 9.53. The Morgan fingerprint density at radius 2 is 1.52 bits per heavy atom. The quantitative estimate of drug-likeness (QED) is 0.133. The molecule has 0 amide bonds. The maximum atomic E-state index is 13.6. The molecule has 0 spiro atoms. The smallest absolute Gasteiger partial charge is 0.261 e. The summed E-state index contributed by atoms with van der Waals surface area (Å²) in [7, 11) is -11.1. The van der Waals surface area contributed by atoms with Crippen molar-refractivity contribution in [1.82, 2.24) is 28.8 Å². The molecule has 4 fully saturated rings. The molecule has 63 heavy (non-hydrogen) atoms. The van der Waals surface area contributed by atoms with Crippen molar-refractivity contribution in [2.45, 2.75) is 83.3 Å². The molecule has 17 heteroatoms. The summed E-state index contributed by atoms with van der Waals surface area (Å²) in [5, 5.41) is 11.7. The number of hydrogen-bond acceptors (Lipinski definition) is 11. The van der Waals surface area contributed by atoms with Crippen LogP contribution >= 0.6 is 0 Å². The molecule has 3 unspecified atom stereocenters. The first-order valence-corrected chi connectivity index (χ1v) is 26.8. The van der Waals surface area contributed by atoms with Crippen LogP contribution in [0, 0.1) is 12.3 Å². The zero-order chi connectivity index (χ0) is 44.6. The second kappa shape index (κ2) is 15.4. The molecule has 1 saturated carbocycles. The predicted octanol–water partition coefficient (Wildman–Crippen LogP) is 5.73. The Morgan fingerprint density at radius 1 is 0.889 bits per heavy atom. The first-order chi connectivity index (χ1) is 29.9. The molecule has 3 aliphatic heterocycles. The van der Waals surface area contributed by atoms with E-state index in [0.717, 1.165) is 41.1 Å². The Labute approximate surface area is 371 Å². The highest BCUT2D eigenvalue weighted by Gasteiger charge is 2.75. The van der Waals surface area contributed by atoms with E-state index < -0.39 is 51.2 Å². The Bertz CT molecular complexity index is 2850. The van der Waals surface area contributed by atoms with Crippen LogP contribution in [-0.2, 0) is 40.2 Å². The summed E-state index contributed by atoms with van der Waals surface area (Å²) in [6.45, 7) is 16.2. The minimum absolute atomic E-state index is 0.000851. The highest BCUT2D eigenvalue weighted by Crippen LogP contribution is 2.71. The molecule has 6 heterocycles. The van der Waals surface area contributed by atoms with Gasteiger partial charge in [0.1, 0.15) is 5.60 Å². The summed E-state index contributed by atoms with van der Waals surface area (Å²) in [6.07, 6.45) is 3.47. The number of anilines is 2. The van der Waals surface area contributed by atoms with E-state index in [1.54, 1.807) is 0 Å². The Kier molecular flexibility index (Phi) is 10.6. The maximum Gasteiger partial charge on any atom is 0.261 e. The fourth-order valence-electron chi connectivity index (χ4n) is 10.3. The Hall–Kier alpha value is -4.94. The number of aromatic nitrogens is 6. The second-order valence-corrected chi connectivity index (χ2v) is 27.2. The van der Waals surface area contributed by atoms with E-state index in [0.29, 0.717) is 22.0 Å². The first kappa shape index (κ1) is 43.3. The van der Waals surface area contributed by atoms with Gasteiger partial charge in [0.15, 0.2) is 17.3 Å². The SMILES string of the molecule is CCS(=O)(=O)Nc1nc(C2C3(CO[Si](c4ccccc4)(c4ccccc4)C(C)(C)C)COC2(c2nc4c(C)cc(N5CC[C@](C)(c6ccccc6)C5)cn4n2)C3)nn1S(=O)(=O)CC. The van der Waals surface area contributed by atoms with E-state index in [1.807, 2.05) is 60.1 Å². The maximum absolute atomic E-state index is 13.6. The summed E-state index contributed by atoms with van der Waals surface area (Å²) in [4.78, 5) is 12.3. The van der Waals surface area contributed by atoms with Crippen LogP contribution < -0.4 is 20.0 Å². The molecular weight excluding hydrogens is 853 g/mol. The van der Waals surface area contributed by atoms with Gasteiger partial charge >= 0.3 is 0 Å². The Morgan fingerprint density at radius 3 is 2.13 bits per heavy atom. The molecule has 6 aromatic rings. The number of nitrogens with one attached hydrogen (secondary N) is 1. The highest BCUT2D eigenvalue weighted by molar-refractivity contribution is 7.93. The average Bonchev–Trinajstić information content (AvgIpc) is 4.10. The molecule has 1 aliphatic carbocycles. The summed E-state index contributed by atoms with van der Waals surface area (Å²) < 4.78 is 72.5. The van der Waals surface area contributed by atoms with Gasteiger partial charge in [-0.1, -0.05) is 119 Å². The summed E-state index contributed by atoms with van der Waals surface area (Å²) >= 11 is 0. The number of aryl methyl sites for hydroxylation is 1. The standard InChI is InChI=1S/C46H56N8O6S2Si/c1-8-61(55,56)51-42-47-39(49-54(42)62(57,58)9-2)38-45(32-60-63(43(4,5)6,36-21-15-11-16-22-36)37-23-17-12-18-24-37)29-46(38,59-31-45)41-48-40-33(3)27-35(28-53(40)50-41)52-26-25-44(7,30-52)34-19-13-10-14-20-34/h10-24,27-28,38H,8-9,25-26,29-32H2,1-7H3,(H,47,49,51)/t38?,44-,45?,46?/m0/s1. The van der Waals surface area contributed by atoms with Gasteiger partial charge in [-0.05, 0) is 66.2 Å². The highest BCUT2D eigenvalue weighted by atomic mass is 32.2. The normalized spacial score (nSPS) is 23.9. The van der Waals surface area contributed by atoms with Crippen LogP contribution in [0.2, 0.25) is 5.04 Å². The van der Waals surface area contributed by atoms with Gasteiger partial charge < -0.3 is 14.1 Å². The third kappa shape index (κ3) is 7.10. The van der Waals surface area contributed by atoms with E-state index in [-0.39, 0.29) is 41.0 Å². The number of hydrogen-bond donors (Lipinski definition) is 1. The van der Waals surface area contributed by atoms with E-state index >= 15 is 0 Å². The van der Waals surface area contributed by atoms with Crippen molar-refractivity contribution in [3.63, 3.8) is 0 Å². The first-order valence-electron chi connectivity index (χ1n) is 21.7. The number of nitrogens with zero attached hydrogens (tertiary/aromatic N) is 7. The van der Waals surface area contributed by atoms with Crippen molar-refractivity contribution in [1.29, 1.82) is 0 Å². The summed E-state index contributed by atoms with van der Waals surface area (Å²) in [6, 6.07) is 33.5. The number of fused-ring (bicyclic) bond motifs is 2. The van der Waals surface area contributed by atoms with E-state index in [9.17, 15) is 16.8 Å². The van der Waals surface area contributed by atoms with Crippen LogP contribution in [0.3, 0.4) is 0 Å². The fraction of sp³-hybridized carbons (Fsp3) is 0.435. The summed E-state index contributed by atoms with van der Waals surface area (Å²) in [5.41, 5.74) is 2.04. The number of ether oxygens (including phenoxy) is 1. The molecule has 332 valence electrons. The van der Waals surface area contributed by atoms with Gasteiger partial charge in [0.05, 0.1) is 35.9 Å². The van der Waals surface area contributed by atoms with Gasteiger partial charge in [0, 0.05) is 30.5 Å². The van der Waals surface area contributed by atoms with Crippen LogP contribution in [0.5, 0.6) is 0 Å². The third-order valence-electron chi connectivity index (χ3n) is 13.7. The molecule has 4 atom stereocenters. The largest absolute Gasteiger partial charge is 0.407 e. The van der Waals surface area contributed by atoms with Crippen molar-refractivity contribution in [3.05, 3.63) is 126 Å². The van der Waals surface area contributed by atoms with Gasteiger partial charge in [-0.15, -0.1) is 14.3 Å². The van der Waals surface area contributed by atoms with E-state index in [2.05, 4.69) is 97.0 Å². The van der Waals surface area contributed by atoms with Gasteiger partial charge in [-0.2, -0.15) is 4.98 Å². The van der Waals surface area contributed by atoms with Crippen molar-refractivity contribution >= 4 is 56.0 Å². The molecule has 10 rings (SSSR count). The number of sulfonamides is 1. The van der Waals surface area contributed by atoms with Crippen molar-refractivity contribution < 1.29 is 26.0 Å². The molecule has 3 aromatic heterocycles. The van der Waals surface area contributed by atoms with Crippen LogP contribution in [0.1, 0.15) is 83.1 Å². The van der Waals surface area contributed by atoms with Crippen LogP contribution in [0.15, 0.2) is 103 Å². The topological polar surface area (TPSA) is 163 Å². The van der Waals surface area contributed by atoms with E-state index in [1.165, 1.54) is 19.4 Å². The molecule has 3 saturated heterocycles. The van der Waals surface area contributed by atoms with Gasteiger partial charge in [0.25, 0.3) is 18.3 Å². The fourth-order valence-corrected chi connectivity index (χ4v) is 16.4. The lowest BCUT2D eigenvalue weighted by Gasteiger charge is -2.52. The lowest BCUT2D eigenvalue weighted by molar-refractivity contribution is -0.0694. The molecule has 14 nitrogen and oxygen atoms in total. The van der Waals surface area contributed by atoms with Gasteiger partial charge in [-0.3, -0.25) is 4.72 Å². The summed E-state index contributed by atoms with van der Waals surface area (Å²) in [5.74, 6) is -1.18. The second-order valence-electron chi connectivity index (χ2n) is 18.8. The van der Waals surface area contributed by atoms with Gasteiger partial charge in [0.2, 0.25) is 16.0 Å². The van der Waals surface area contributed by atoms with Crippen LogP contribution in [-0.4, -0.2) is 91.7 Å². The third-order valence-corrected chi connectivity index (χ3v) is 21.4. The molecule has 1 N–H and O–H groups in total. The minimum Gasteiger partial charge on any atom is -0.407 e. The monoisotopic (exact) mass is 908 g/mol. The van der Waals surface area contributed by atoms with Crippen molar-refractivity contribution in [3.8, 4) is 0 Å². The van der Waals surface area contributed by atoms with Crippen LogP contribution in [0.25, 0.3) is 5.65 Å². The zero-order valence-electron chi connectivity index (χ0n) is 36.9. The Balaban J connectivity index is 1.15.